The third kappa shape index (κ3) is 9.97. The van der Waals surface area contributed by atoms with Crippen molar-refractivity contribution in [2.75, 3.05) is 0 Å². The zero-order chi connectivity index (χ0) is 35.4. The first-order valence-corrected chi connectivity index (χ1v) is 22.0. The second-order valence-corrected chi connectivity index (χ2v) is 21.6. The van der Waals surface area contributed by atoms with Crippen LogP contribution in [0.3, 0.4) is 0 Å². The summed E-state index contributed by atoms with van der Waals surface area (Å²) in [5.74, 6) is 0.547. The van der Waals surface area contributed by atoms with Gasteiger partial charge in [0.2, 0.25) is 0 Å². The summed E-state index contributed by atoms with van der Waals surface area (Å²) in [7, 11) is -1.57. The smallest absolute Gasteiger partial charge is 0.162 e. The predicted octanol–water partition coefficient (Wildman–Crippen LogP) is 11.8. The van der Waals surface area contributed by atoms with Gasteiger partial charge in [-0.15, -0.1) is 40.1 Å². The fourth-order valence-electron chi connectivity index (χ4n) is 6.46. The van der Waals surface area contributed by atoms with Gasteiger partial charge in [-0.25, -0.2) is 4.98 Å². The van der Waals surface area contributed by atoms with Gasteiger partial charge in [-0.2, -0.15) is 0 Å². The third-order valence-electron chi connectivity index (χ3n) is 9.22. The maximum Gasteiger partial charge on any atom is 0.162 e. The standard InChI is InChI=1S/C29H31N2SSi.C13H24O2.Ir/c1-18-8-10-22-20(12-18)14-21(15-25(22)33(5,6)7)26-28-27(31-17-30-26)23-11-9-19(13-24(23)32-28)16-29(2,3)4;1-5-10(6-2)12(14)9-13(15)11(7-3)8-4;/h8-13,15,17H,16H2,1-7H3;9-11,14H,5-8H2,1-4H3;/q-1;;/b;12-9-;. The van der Waals surface area contributed by atoms with Gasteiger partial charge < -0.3 is 5.11 Å². The molecule has 0 amide bonds. The minimum atomic E-state index is -1.57. The predicted molar refractivity (Wildman–Crippen MR) is 211 cm³/mol. The van der Waals surface area contributed by atoms with Crippen molar-refractivity contribution >= 4 is 61.5 Å². The summed E-state index contributed by atoms with van der Waals surface area (Å²) >= 11 is 1.81. The van der Waals surface area contributed by atoms with Gasteiger partial charge in [0.15, 0.2) is 5.78 Å². The summed E-state index contributed by atoms with van der Waals surface area (Å²) in [5, 5.41) is 15.0. The van der Waals surface area contributed by atoms with Crippen molar-refractivity contribution in [3.05, 3.63) is 77.8 Å². The molecule has 1 N–H and O–H groups in total. The Balaban J connectivity index is 0.000000347. The second-order valence-electron chi connectivity index (χ2n) is 15.5. The fraction of sp³-hybridized carbons (Fsp3) is 0.452. The van der Waals surface area contributed by atoms with Gasteiger partial charge in [-0.05, 0) is 56.1 Å². The molecule has 2 aromatic heterocycles. The zero-order valence-electron chi connectivity index (χ0n) is 31.4. The molecule has 0 atom stereocenters. The van der Waals surface area contributed by atoms with Crippen LogP contribution in [0, 0.1) is 30.2 Å². The number of nitrogens with zero attached hydrogens (tertiary/aromatic N) is 2. The molecule has 5 aromatic rings. The van der Waals surface area contributed by atoms with Gasteiger partial charge in [0, 0.05) is 58.5 Å². The Bertz CT molecular complexity index is 1930. The number of benzene rings is 3. The molecule has 7 heteroatoms. The molecule has 49 heavy (non-hydrogen) atoms. The molecule has 0 spiro atoms. The molecule has 1 radical (unpaired) electrons. The largest absolute Gasteiger partial charge is 0.512 e. The van der Waals surface area contributed by atoms with Crippen molar-refractivity contribution in [3.63, 3.8) is 0 Å². The van der Waals surface area contributed by atoms with E-state index in [1.54, 1.807) is 6.33 Å². The Hall–Kier alpha value is -2.70. The number of hydrogen-bond acceptors (Lipinski definition) is 5. The molecule has 2 heterocycles. The summed E-state index contributed by atoms with van der Waals surface area (Å²) < 4.78 is 2.45. The van der Waals surface area contributed by atoms with Crippen LogP contribution >= 0.6 is 11.3 Å². The zero-order valence-corrected chi connectivity index (χ0v) is 35.6. The van der Waals surface area contributed by atoms with E-state index in [-0.39, 0.29) is 48.9 Å². The van der Waals surface area contributed by atoms with E-state index < -0.39 is 8.07 Å². The van der Waals surface area contributed by atoms with Crippen molar-refractivity contribution in [1.82, 2.24) is 9.97 Å². The summed E-state index contributed by atoms with van der Waals surface area (Å²) in [5.41, 5.74) is 6.04. The van der Waals surface area contributed by atoms with Crippen molar-refractivity contribution < 1.29 is 30.0 Å². The molecule has 0 fully saturated rings. The first-order chi connectivity index (χ1) is 22.6. The number of aromatic nitrogens is 2. The monoisotopic (exact) mass is 872 g/mol. The minimum Gasteiger partial charge on any atom is -0.512 e. The second kappa shape index (κ2) is 17.0. The number of ketones is 1. The summed E-state index contributed by atoms with van der Waals surface area (Å²) in [6.07, 6.45) is 7.69. The average molecular weight is 872 g/mol. The van der Waals surface area contributed by atoms with Crippen LogP contribution in [0.4, 0.5) is 0 Å². The Morgan fingerprint density at radius 3 is 2.14 bits per heavy atom. The van der Waals surface area contributed by atoms with Crippen LogP contribution in [0.1, 0.15) is 85.3 Å². The van der Waals surface area contributed by atoms with Crippen molar-refractivity contribution in [1.29, 1.82) is 0 Å². The molecule has 0 aliphatic heterocycles. The van der Waals surface area contributed by atoms with Crippen molar-refractivity contribution in [3.8, 4) is 11.3 Å². The van der Waals surface area contributed by atoms with Crippen molar-refractivity contribution in [2.45, 2.75) is 107 Å². The Morgan fingerprint density at radius 2 is 1.55 bits per heavy atom. The summed E-state index contributed by atoms with van der Waals surface area (Å²) in [6, 6.07) is 19.6. The number of fused-ring (bicyclic) bond motifs is 4. The Labute approximate surface area is 313 Å². The first kappa shape index (κ1) is 40.7. The number of rotatable bonds is 10. The molecule has 0 aliphatic rings. The van der Waals surface area contributed by atoms with Gasteiger partial charge in [0.25, 0.3) is 0 Å². The molecule has 265 valence electrons. The topological polar surface area (TPSA) is 63.1 Å². The van der Waals surface area contributed by atoms with E-state index in [0.29, 0.717) is 0 Å². The molecule has 0 saturated heterocycles. The average Bonchev–Trinajstić information content (AvgIpc) is 3.38. The van der Waals surface area contributed by atoms with Gasteiger partial charge >= 0.3 is 0 Å². The van der Waals surface area contributed by atoms with Crippen LogP contribution in [-0.2, 0) is 31.3 Å². The van der Waals surface area contributed by atoms with E-state index in [9.17, 15) is 9.90 Å². The molecule has 0 bridgehead atoms. The summed E-state index contributed by atoms with van der Waals surface area (Å²) in [6.45, 7) is 24.3. The normalized spacial score (nSPS) is 12.5. The van der Waals surface area contributed by atoms with E-state index in [0.717, 1.165) is 53.6 Å². The van der Waals surface area contributed by atoms with E-state index >= 15 is 0 Å². The molecule has 0 saturated carbocycles. The van der Waals surface area contributed by atoms with Gasteiger partial charge in [0.1, 0.15) is 6.33 Å². The van der Waals surface area contributed by atoms with Gasteiger partial charge in [-0.3, -0.25) is 9.78 Å². The molecular formula is C42H55IrN2O2SSi-. The number of allylic oxidation sites excluding steroid dienone is 2. The molecule has 0 aliphatic carbocycles. The van der Waals surface area contributed by atoms with Crippen LogP contribution in [0.25, 0.3) is 42.3 Å². The van der Waals surface area contributed by atoms with Crippen LogP contribution in [0.2, 0.25) is 19.6 Å². The fourth-order valence-corrected chi connectivity index (χ4v) is 9.29. The van der Waals surface area contributed by atoms with Crippen molar-refractivity contribution in [2.24, 2.45) is 17.3 Å². The summed E-state index contributed by atoms with van der Waals surface area (Å²) in [4.78, 5) is 21.2. The van der Waals surface area contributed by atoms with E-state index in [1.807, 2.05) is 39.0 Å². The number of carbonyl (C=O) groups is 1. The number of carbonyl (C=O) groups excluding carboxylic acids is 1. The van der Waals surface area contributed by atoms with Gasteiger partial charge in [-0.1, -0.05) is 109 Å². The SMILES string of the molecule is CCC(CC)C(=O)/C=C(\O)C(CC)CC.Cc1ccc2c([Si](C)(C)C)cc(-c3ncnc4c3sc3cc(CC(C)(C)C)ccc34)[c-]c2c1.[Ir]. The molecule has 3 aromatic carbocycles. The van der Waals surface area contributed by atoms with Crippen LogP contribution in [0.5, 0.6) is 0 Å². The van der Waals surface area contributed by atoms with E-state index in [4.69, 9.17) is 9.97 Å². The maximum absolute atomic E-state index is 11.7. The van der Waals surface area contributed by atoms with E-state index in [2.05, 4.69) is 95.9 Å². The first-order valence-electron chi connectivity index (χ1n) is 17.7. The number of aliphatic hydroxyl groups is 1. The molecule has 4 nitrogen and oxygen atoms in total. The molecule has 5 rings (SSSR count). The van der Waals surface area contributed by atoms with Crippen LogP contribution < -0.4 is 5.19 Å². The molecular weight excluding hydrogens is 817 g/mol. The third-order valence-corrected chi connectivity index (χ3v) is 12.4. The number of aryl methyl sites for hydroxylation is 1. The van der Waals surface area contributed by atoms with Crippen LogP contribution in [-0.4, -0.2) is 28.9 Å². The Morgan fingerprint density at radius 1 is 0.918 bits per heavy atom. The van der Waals surface area contributed by atoms with E-state index in [1.165, 1.54) is 43.2 Å². The van der Waals surface area contributed by atoms with Gasteiger partial charge in [0.05, 0.1) is 19.3 Å². The number of hydrogen-bond donors (Lipinski definition) is 1. The quantitative estimate of drug-likeness (QED) is 0.0657. The number of aliphatic hydroxyl groups excluding tert-OH is 1. The maximum atomic E-state index is 11.7. The molecule has 0 unspecified atom stereocenters. The number of thiophene rings is 1. The van der Waals surface area contributed by atoms with Crippen LogP contribution in [0.15, 0.2) is 60.6 Å². The Kier molecular flexibility index (Phi) is 14.1. The minimum absolute atomic E-state index is 0.